The minimum atomic E-state index is -0.979. The fraction of sp³-hybridized carbons (Fsp3) is 0.412. The minimum Gasteiger partial charge on any atom is -0.474 e. The van der Waals surface area contributed by atoms with E-state index in [9.17, 15) is 13.6 Å². The van der Waals surface area contributed by atoms with Gasteiger partial charge in [0.25, 0.3) is 0 Å². The third-order valence-corrected chi connectivity index (χ3v) is 3.98. The summed E-state index contributed by atoms with van der Waals surface area (Å²) < 4.78 is 43.4. The average molecular weight is 352 g/mol. The fourth-order valence-corrected chi connectivity index (χ4v) is 2.86. The quantitative estimate of drug-likeness (QED) is 0.657. The van der Waals surface area contributed by atoms with Crippen molar-refractivity contribution >= 4 is 16.7 Å². The third-order valence-electron chi connectivity index (χ3n) is 3.98. The monoisotopic (exact) mass is 352 g/mol. The van der Waals surface area contributed by atoms with E-state index in [2.05, 4.69) is 10.3 Å². The molecule has 1 aromatic heterocycles. The van der Waals surface area contributed by atoms with Crippen LogP contribution in [0.2, 0.25) is 0 Å². The van der Waals surface area contributed by atoms with Crippen LogP contribution in [-0.4, -0.2) is 37.8 Å². The molecule has 1 atom stereocenters. The van der Waals surface area contributed by atoms with Crippen LogP contribution >= 0.6 is 0 Å². The van der Waals surface area contributed by atoms with E-state index in [0.717, 1.165) is 17.7 Å². The Hall–Kier alpha value is -2.32. The van der Waals surface area contributed by atoms with Crippen LogP contribution in [0.4, 0.5) is 8.78 Å². The lowest BCUT2D eigenvalue weighted by molar-refractivity contribution is -0.141. The lowest BCUT2D eigenvalue weighted by Gasteiger charge is -2.27. The first kappa shape index (κ1) is 17.5. The normalized spacial score (nSPS) is 16.6. The molecule has 1 aromatic carbocycles. The molecule has 0 fully saturated rings. The summed E-state index contributed by atoms with van der Waals surface area (Å²) in [7, 11) is 1.76. The van der Waals surface area contributed by atoms with Crippen LogP contribution in [-0.2, 0) is 20.9 Å². The van der Waals surface area contributed by atoms with Gasteiger partial charge in [-0.25, -0.2) is 13.8 Å². The molecule has 0 aliphatic carbocycles. The van der Waals surface area contributed by atoms with Crippen molar-refractivity contribution in [3.8, 4) is 5.88 Å². The van der Waals surface area contributed by atoms with Gasteiger partial charge in [0.15, 0.2) is 11.6 Å². The molecule has 25 heavy (non-hydrogen) atoms. The highest BCUT2D eigenvalue weighted by atomic mass is 19.2. The molecule has 1 aliphatic heterocycles. The van der Waals surface area contributed by atoms with Crippen molar-refractivity contribution in [2.75, 3.05) is 26.9 Å². The number of nitrogens with zero attached hydrogens (tertiary/aromatic N) is 1. The van der Waals surface area contributed by atoms with Crippen LogP contribution in [0, 0.1) is 11.6 Å². The minimum absolute atomic E-state index is 0.0366. The Labute approximate surface area is 143 Å². The summed E-state index contributed by atoms with van der Waals surface area (Å²) in [4.78, 5) is 15.2. The molecule has 0 unspecified atom stereocenters. The summed E-state index contributed by atoms with van der Waals surface area (Å²) in [5.41, 5.74) is 1.38. The molecule has 0 radical (unpaired) electrons. The van der Waals surface area contributed by atoms with E-state index in [1.807, 2.05) is 0 Å². The molecule has 1 aliphatic rings. The zero-order valence-electron chi connectivity index (χ0n) is 13.9. The molecular formula is C17H18F2N2O4. The van der Waals surface area contributed by atoms with Gasteiger partial charge < -0.3 is 19.5 Å². The van der Waals surface area contributed by atoms with E-state index in [1.54, 1.807) is 7.05 Å². The summed E-state index contributed by atoms with van der Waals surface area (Å²) in [6.45, 7) is 2.04. The number of rotatable bonds is 5. The number of hydrogen-bond donors (Lipinski definition) is 1. The summed E-state index contributed by atoms with van der Waals surface area (Å²) >= 11 is 0. The molecule has 2 heterocycles. The molecule has 8 heteroatoms. The first-order valence-electron chi connectivity index (χ1n) is 7.84. The molecule has 0 saturated carbocycles. The van der Waals surface area contributed by atoms with Gasteiger partial charge in [-0.1, -0.05) is 0 Å². The van der Waals surface area contributed by atoms with Gasteiger partial charge in [-0.3, -0.25) is 4.79 Å². The molecule has 134 valence electrons. The van der Waals surface area contributed by atoms with Crippen molar-refractivity contribution in [2.24, 2.45) is 0 Å². The van der Waals surface area contributed by atoms with Crippen molar-refractivity contribution in [1.29, 1.82) is 0 Å². The Bertz CT molecular complexity index is 813. The van der Waals surface area contributed by atoms with Crippen LogP contribution in [0.25, 0.3) is 10.8 Å². The van der Waals surface area contributed by atoms with Gasteiger partial charge in [-0.15, -0.1) is 0 Å². The number of benzene rings is 1. The lowest BCUT2D eigenvalue weighted by Crippen LogP contribution is -2.28. The van der Waals surface area contributed by atoms with E-state index in [-0.39, 0.29) is 31.7 Å². The largest absolute Gasteiger partial charge is 0.474 e. The number of fused-ring (bicyclic) bond motifs is 3. The number of pyridine rings is 1. The topological polar surface area (TPSA) is 69.7 Å². The van der Waals surface area contributed by atoms with E-state index in [0.29, 0.717) is 23.1 Å². The van der Waals surface area contributed by atoms with Crippen LogP contribution in [0.1, 0.15) is 24.2 Å². The highest BCUT2D eigenvalue weighted by molar-refractivity contribution is 5.91. The summed E-state index contributed by atoms with van der Waals surface area (Å²) in [5, 5.41) is 3.98. The van der Waals surface area contributed by atoms with Crippen molar-refractivity contribution in [1.82, 2.24) is 10.3 Å². The predicted molar refractivity (Wildman–Crippen MR) is 85.2 cm³/mol. The van der Waals surface area contributed by atoms with Gasteiger partial charge in [0.2, 0.25) is 5.88 Å². The molecule has 2 aromatic rings. The Balaban J connectivity index is 2.05. The number of carbonyl (C=O) groups is 1. The highest BCUT2D eigenvalue weighted by Gasteiger charge is 2.26. The summed E-state index contributed by atoms with van der Waals surface area (Å²) in [5.74, 6) is -2.19. The number of aromatic nitrogens is 1. The number of esters is 1. The van der Waals surface area contributed by atoms with Gasteiger partial charge >= 0.3 is 5.97 Å². The second kappa shape index (κ2) is 7.28. The Kier molecular flexibility index (Phi) is 5.10. The summed E-state index contributed by atoms with van der Waals surface area (Å²) in [6.07, 6.45) is 0. The first-order chi connectivity index (χ1) is 12.0. The lowest BCUT2D eigenvalue weighted by atomic mass is 9.96. The van der Waals surface area contributed by atoms with Crippen molar-refractivity contribution < 1.29 is 27.8 Å². The van der Waals surface area contributed by atoms with E-state index in [1.165, 1.54) is 6.92 Å². The molecule has 0 amide bonds. The van der Waals surface area contributed by atoms with Crippen LogP contribution in [0.3, 0.4) is 0 Å². The first-order valence-corrected chi connectivity index (χ1v) is 7.84. The van der Waals surface area contributed by atoms with Gasteiger partial charge in [0.05, 0.1) is 24.9 Å². The van der Waals surface area contributed by atoms with E-state index < -0.39 is 17.6 Å². The molecule has 0 saturated heterocycles. The third kappa shape index (κ3) is 3.54. The average Bonchev–Trinajstić information content (AvgIpc) is 2.59. The fourth-order valence-electron chi connectivity index (χ4n) is 2.86. The van der Waals surface area contributed by atoms with E-state index >= 15 is 0 Å². The maximum absolute atomic E-state index is 13.8. The number of hydrogen-bond acceptors (Lipinski definition) is 6. The molecule has 0 spiro atoms. The molecule has 6 nitrogen and oxygen atoms in total. The second-order valence-electron chi connectivity index (χ2n) is 5.63. The van der Waals surface area contributed by atoms with Crippen molar-refractivity contribution in [2.45, 2.75) is 19.6 Å². The number of halogens is 2. The predicted octanol–water partition coefficient (Wildman–Crippen LogP) is 2.25. The zero-order valence-corrected chi connectivity index (χ0v) is 13.9. The smallest absolute Gasteiger partial charge is 0.302 e. The van der Waals surface area contributed by atoms with Gasteiger partial charge in [0.1, 0.15) is 13.2 Å². The van der Waals surface area contributed by atoms with Gasteiger partial charge in [-0.05, 0) is 24.6 Å². The van der Waals surface area contributed by atoms with Crippen LogP contribution in [0.15, 0.2) is 12.1 Å². The molecule has 3 rings (SSSR count). The standard InChI is InChI=1S/C17H18F2N2O4/c1-9(22)24-3-4-25-17-11-6-13(19)12(18)5-10(11)16-14(20-2)7-23-8-15(16)21-17/h5-6,14,20H,3-4,7-8H2,1-2H3/t14-/m1/s1. The maximum Gasteiger partial charge on any atom is 0.302 e. The van der Waals surface area contributed by atoms with Crippen LogP contribution in [0.5, 0.6) is 5.88 Å². The van der Waals surface area contributed by atoms with Crippen LogP contribution < -0.4 is 10.1 Å². The number of ether oxygens (including phenoxy) is 3. The number of nitrogens with one attached hydrogen (secondary N) is 1. The van der Waals surface area contributed by atoms with Gasteiger partial charge in [0, 0.05) is 17.9 Å². The maximum atomic E-state index is 13.8. The van der Waals surface area contributed by atoms with E-state index in [4.69, 9.17) is 14.2 Å². The van der Waals surface area contributed by atoms with Gasteiger partial charge in [-0.2, -0.15) is 0 Å². The van der Waals surface area contributed by atoms with Crippen molar-refractivity contribution in [3.05, 3.63) is 35.0 Å². The Morgan fingerprint density at radius 3 is 2.72 bits per heavy atom. The number of carbonyl (C=O) groups excluding carboxylic acids is 1. The highest BCUT2D eigenvalue weighted by Crippen LogP contribution is 2.36. The summed E-state index contributed by atoms with van der Waals surface area (Å²) in [6, 6.07) is 2.04. The second-order valence-corrected chi connectivity index (χ2v) is 5.63. The molecule has 1 N–H and O–H groups in total. The Morgan fingerprint density at radius 2 is 2.04 bits per heavy atom. The SMILES string of the molecule is CN[C@@H]1COCc2nc(OCCOC(C)=O)c3cc(F)c(F)cc3c21. The zero-order chi connectivity index (χ0) is 18.0. The number of likely N-dealkylation sites (N-methyl/N-ethyl adjacent to an activating group) is 1. The Morgan fingerprint density at radius 1 is 1.32 bits per heavy atom. The van der Waals surface area contributed by atoms with Crippen molar-refractivity contribution in [3.63, 3.8) is 0 Å². The molecular weight excluding hydrogens is 334 g/mol. The molecule has 0 bridgehead atoms.